The molecule has 0 spiro atoms. The molecule has 0 saturated carbocycles. The Hall–Kier alpha value is -4.02. The van der Waals surface area contributed by atoms with E-state index in [4.69, 9.17) is 16.2 Å². The van der Waals surface area contributed by atoms with Crippen LogP contribution in [0.5, 0.6) is 0 Å². The molecule has 1 fully saturated rings. The zero-order valence-electron chi connectivity index (χ0n) is 20.7. The number of hydrogen-bond donors (Lipinski definition) is 2. The molecule has 2 amide bonds. The fourth-order valence-electron chi connectivity index (χ4n) is 4.81. The number of halogens is 1. The summed E-state index contributed by atoms with van der Waals surface area (Å²) in [5.74, 6) is -0.283. The highest BCUT2D eigenvalue weighted by molar-refractivity contribution is 5.99. The molecule has 4 aromatic rings. The first-order valence-electron chi connectivity index (χ1n) is 12.4. The van der Waals surface area contributed by atoms with E-state index in [0.29, 0.717) is 41.3 Å². The molecular formula is C27H30FN7O2. The highest BCUT2D eigenvalue weighted by atomic mass is 19.1. The van der Waals surface area contributed by atoms with Gasteiger partial charge in [0, 0.05) is 31.8 Å². The number of carbonyl (C=O) groups excluding carboxylic acids is 1. The quantitative estimate of drug-likeness (QED) is 0.409. The standard InChI is InChI=1S/C27H30FN7O2/c1-2-18-5-3-6-20(13-18)34(27(30)36)24-8-7-19(14-23(24)28)22-15-21(16-33-9-4-11-37-12-10-33)35-25(22)26(29)31-17-32-35/h3,5-8,13-15,17H,2,4,9-12,16H2,1H3,(H2,30,36)(H2,29,31,32). The highest BCUT2D eigenvalue weighted by Crippen LogP contribution is 2.35. The van der Waals surface area contributed by atoms with Crippen molar-refractivity contribution >= 4 is 28.7 Å². The highest BCUT2D eigenvalue weighted by Gasteiger charge is 2.22. The first kappa shape index (κ1) is 24.7. The summed E-state index contributed by atoms with van der Waals surface area (Å²) in [6, 6.07) is 13.2. The number of aryl methyl sites for hydroxylation is 1. The van der Waals surface area contributed by atoms with Gasteiger partial charge < -0.3 is 16.2 Å². The molecule has 37 heavy (non-hydrogen) atoms. The van der Waals surface area contributed by atoms with Crippen molar-refractivity contribution in [3.63, 3.8) is 0 Å². The number of rotatable bonds is 6. The predicted octanol–water partition coefficient (Wildman–Crippen LogP) is 4.12. The van der Waals surface area contributed by atoms with Crippen LogP contribution in [0.2, 0.25) is 0 Å². The Labute approximate surface area is 214 Å². The molecule has 5 rings (SSSR count). The average molecular weight is 504 g/mol. The second kappa shape index (κ2) is 10.5. The third-order valence-corrected chi connectivity index (χ3v) is 6.65. The van der Waals surface area contributed by atoms with Gasteiger partial charge in [0.25, 0.3) is 0 Å². The van der Waals surface area contributed by atoms with Crippen LogP contribution in [0.3, 0.4) is 0 Å². The van der Waals surface area contributed by atoms with Crippen LogP contribution in [0, 0.1) is 5.82 Å². The maximum Gasteiger partial charge on any atom is 0.323 e. The third-order valence-electron chi connectivity index (χ3n) is 6.65. The van der Waals surface area contributed by atoms with Gasteiger partial charge in [0.2, 0.25) is 0 Å². The third kappa shape index (κ3) is 4.98. The van der Waals surface area contributed by atoms with E-state index in [0.717, 1.165) is 43.8 Å². The van der Waals surface area contributed by atoms with Gasteiger partial charge >= 0.3 is 6.03 Å². The average Bonchev–Trinajstić information content (AvgIpc) is 3.06. The maximum atomic E-state index is 15.6. The van der Waals surface area contributed by atoms with Crippen LogP contribution >= 0.6 is 0 Å². The molecule has 9 nitrogen and oxygen atoms in total. The van der Waals surface area contributed by atoms with Crippen molar-refractivity contribution < 1.29 is 13.9 Å². The van der Waals surface area contributed by atoms with Crippen molar-refractivity contribution in [2.24, 2.45) is 5.73 Å². The van der Waals surface area contributed by atoms with Crippen LogP contribution in [-0.4, -0.2) is 51.8 Å². The number of aromatic nitrogens is 3. The van der Waals surface area contributed by atoms with Gasteiger partial charge in [-0.05, 0) is 54.3 Å². The molecule has 192 valence electrons. The van der Waals surface area contributed by atoms with Gasteiger partial charge in [-0.1, -0.05) is 25.1 Å². The summed E-state index contributed by atoms with van der Waals surface area (Å²) < 4.78 is 22.9. The molecule has 2 aromatic heterocycles. The topological polar surface area (TPSA) is 115 Å². The molecule has 4 N–H and O–H groups in total. The number of ether oxygens (including phenoxy) is 1. The SMILES string of the molecule is CCc1cccc(N(C(N)=O)c2ccc(-c3cc(CN4CCCOCC4)n4ncnc(N)c34)cc2F)c1. The van der Waals surface area contributed by atoms with Gasteiger partial charge in [0.05, 0.1) is 23.7 Å². The summed E-state index contributed by atoms with van der Waals surface area (Å²) in [7, 11) is 0. The van der Waals surface area contributed by atoms with E-state index >= 15 is 4.39 Å². The Bertz CT molecular complexity index is 1430. The molecule has 10 heteroatoms. The Morgan fingerprint density at radius 3 is 2.81 bits per heavy atom. The predicted molar refractivity (Wildman–Crippen MR) is 141 cm³/mol. The fraction of sp³-hybridized carbons (Fsp3) is 0.296. The van der Waals surface area contributed by atoms with Gasteiger partial charge in [-0.15, -0.1) is 0 Å². The van der Waals surface area contributed by atoms with Crippen LogP contribution in [0.25, 0.3) is 16.6 Å². The summed E-state index contributed by atoms with van der Waals surface area (Å²) in [6.07, 6.45) is 3.15. The second-order valence-corrected chi connectivity index (χ2v) is 9.06. The van der Waals surface area contributed by atoms with Crippen LogP contribution < -0.4 is 16.4 Å². The smallest absolute Gasteiger partial charge is 0.323 e. The van der Waals surface area contributed by atoms with E-state index < -0.39 is 11.8 Å². The number of benzene rings is 2. The number of urea groups is 1. The Balaban J connectivity index is 1.54. The van der Waals surface area contributed by atoms with Crippen LogP contribution in [0.1, 0.15) is 24.6 Å². The molecule has 0 aliphatic carbocycles. The number of nitrogens with two attached hydrogens (primary N) is 2. The Morgan fingerprint density at radius 2 is 2.03 bits per heavy atom. The first-order valence-corrected chi connectivity index (χ1v) is 12.4. The van der Waals surface area contributed by atoms with E-state index in [2.05, 4.69) is 15.0 Å². The summed E-state index contributed by atoms with van der Waals surface area (Å²) in [5.41, 5.74) is 16.4. The molecule has 0 atom stereocenters. The molecule has 2 aromatic carbocycles. The van der Waals surface area contributed by atoms with Crippen molar-refractivity contribution in [1.82, 2.24) is 19.5 Å². The van der Waals surface area contributed by atoms with Crippen molar-refractivity contribution in [2.45, 2.75) is 26.3 Å². The van der Waals surface area contributed by atoms with E-state index in [-0.39, 0.29) is 5.69 Å². The largest absolute Gasteiger partial charge is 0.382 e. The van der Waals surface area contributed by atoms with Gasteiger partial charge in [-0.3, -0.25) is 9.80 Å². The lowest BCUT2D eigenvalue weighted by Crippen LogP contribution is -2.32. The molecule has 1 saturated heterocycles. The number of nitrogen functional groups attached to an aromatic ring is 1. The van der Waals surface area contributed by atoms with Crippen LogP contribution in [-0.2, 0) is 17.7 Å². The van der Waals surface area contributed by atoms with E-state index in [1.165, 1.54) is 17.3 Å². The van der Waals surface area contributed by atoms with Crippen LogP contribution in [0.15, 0.2) is 54.9 Å². The first-order chi connectivity index (χ1) is 18.0. The molecule has 0 radical (unpaired) electrons. The van der Waals surface area contributed by atoms with E-state index in [1.807, 2.05) is 31.2 Å². The molecule has 0 bridgehead atoms. The summed E-state index contributed by atoms with van der Waals surface area (Å²) in [5, 5.41) is 4.43. The lowest BCUT2D eigenvalue weighted by atomic mass is 10.0. The Morgan fingerprint density at radius 1 is 1.16 bits per heavy atom. The number of amides is 2. The number of primary amides is 1. The number of nitrogens with zero attached hydrogens (tertiary/aromatic N) is 5. The lowest BCUT2D eigenvalue weighted by Gasteiger charge is -2.22. The summed E-state index contributed by atoms with van der Waals surface area (Å²) >= 11 is 0. The Kier molecular flexibility index (Phi) is 7.02. The zero-order valence-corrected chi connectivity index (χ0v) is 20.7. The maximum absolute atomic E-state index is 15.6. The normalized spacial score (nSPS) is 14.5. The molecule has 1 aliphatic heterocycles. The number of fused-ring (bicyclic) bond motifs is 1. The van der Waals surface area contributed by atoms with Gasteiger partial charge in [-0.2, -0.15) is 5.10 Å². The zero-order chi connectivity index (χ0) is 25.9. The molecule has 1 aliphatic rings. The second-order valence-electron chi connectivity index (χ2n) is 9.06. The van der Waals surface area contributed by atoms with E-state index in [1.54, 1.807) is 22.7 Å². The monoisotopic (exact) mass is 503 g/mol. The van der Waals surface area contributed by atoms with Gasteiger partial charge in [0.1, 0.15) is 17.7 Å². The summed E-state index contributed by atoms with van der Waals surface area (Å²) in [4.78, 5) is 20.0. The summed E-state index contributed by atoms with van der Waals surface area (Å²) in [6.45, 7) is 5.81. The number of hydrogen-bond acceptors (Lipinski definition) is 6. The minimum absolute atomic E-state index is 0.0713. The lowest BCUT2D eigenvalue weighted by molar-refractivity contribution is 0.140. The van der Waals surface area contributed by atoms with Crippen LogP contribution in [0.4, 0.5) is 26.4 Å². The van der Waals surface area contributed by atoms with Crippen molar-refractivity contribution in [2.75, 3.05) is 36.9 Å². The minimum atomic E-state index is -0.768. The van der Waals surface area contributed by atoms with Gasteiger partial charge in [0.15, 0.2) is 5.82 Å². The van der Waals surface area contributed by atoms with Gasteiger partial charge in [-0.25, -0.2) is 18.7 Å². The number of carbonyl (C=O) groups is 1. The van der Waals surface area contributed by atoms with Crippen molar-refractivity contribution in [3.05, 3.63) is 71.9 Å². The van der Waals surface area contributed by atoms with Crippen molar-refractivity contribution in [1.29, 1.82) is 0 Å². The fourth-order valence-corrected chi connectivity index (χ4v) is 4.81. The minimum Gasteiger partial charge on any atom is -0.382 e. The molecule has 3 heterocycles. The number of anilines is 3. The van der Waals surface area contributed by atoms with E-state index in [9.17, 15) is 4.79 Å². The molecular weight excluding hydrogens is 473 g/mol. The van der Waals surface area contributed by atoms with Crippen molar-refractivity contribution in [3.8, 4) is 11.1 Å². The molecule has 0 unspecified atom stereocenters.